The Bertz CT molecular complexity index is 925. The van der Waals surface area contributed by atoms with Gasteiger partial charge in [-0.3, -0.25) is 0 Å². The first kappa shape index (κ1) is 20.0. The lowest BCUT2D eigenvalue weighted by molar-refractivity contribution is -0.138. The van der Waals surface area contributed by atoms with Crippen molar-refractivity contribution in [3.05, 3.63) is 70.4 Å². The minimum absolute atomic E-state index is 0.375. The lowest BCUT2D eigenvalue weighted by atomic mass is 10.1. The van der Waals surface area contributed by atoms with Crippen LogP contribution in [-0.2, 0) is 22.2 Å². The molecular weight excluding hydrogens is 389 g/mol. The molecule has 2 aromatic carbocycles. The van der Waals surface area contributed by atoms with Crippen LogP contribution >= 0.6 is 0 Å². The first-order valence-corrected chi connectivity index (χ1v) is 8.32. The van der Waals surface area contributed by atoms with Crippen molar-refractivity contribution in [3.8, 4) is 0 Å². The molecule has 0 N–H and O–H groups in total. The quantitative estimate of drug-likeness (QED) is 0.657. The van der Waals surface area contributed by atoms with Crippen molar-refractivity contribution in [1.29, 1.82) is 0 Å². The fourth-order valence-electron chi connectivity index (χ4n) is 2.00. The van der Waals surface area contributed by atoms with Crippen LogP contribution in [0.5, 0.6) is 0 Å². The van der Waals surface area contributed by atoms with Gasteiger partial charge in [-0.05, 0) is 54.1 Å². The number of rotatable bonds is 3. The van der Waals surface area contributed by atoms with E-state index in [4.69, 9.17) is 0 Å². The average molecular weight is 398 g/mol. The summed E-state index contributed by atoms with van der Waals surface area (Å²) in [6, 6.07) is 3.96. The van der Waals surface area contributed by atoms with E-state index >= 15 is 0 Å². The summed E-state index contributed by atoms with van der Waals surface area (Å²) in [7, 11) is -4.33. The van der Waals surface area contributed by atoms with E-state index in [9.17, 15) is 39.2 Å². The Labute approximate surface area is 143 Å². The zero-order valence-electron chi connectivity index (χ0n) is 12.6. The summed E-state index contributed by atoms with van der Waals surface area (Å²) >= 11 is 0. The highest BCUT2D eigenvalue weighted by Crippen LogP contribution is 2.33. The molecule has 2 rings (SSSR count). The highest BCUT2D eigenvalue weighted by Gasteiger charge is 2.33. The number of hydrogen-bond acceptors (Lipinski definition) is 2. The molecule has 0 fully saturated rings. The molecule has 0 unspecified atom stereocenters. The Morgan fingerprint density at radius 2 is 1.38 bits per heavy atom. The maximum Gasteiger partial charge on any atom is 0.416 e. The summed E-state index contributed by atoms with van der Waals surface area (Å²) in [5.41, 5.74) is -3.06. The molecule has 10 heteroatoms. The minimum atomic E-state index is -4.84. The number of hydrogen-bond donors (Lipinski definition) is 0. The van der Waals surface area contributed by atoms with E-state index in [0.29, 0.717) is 53.9 Å². The molecule has 26 heavy (non-hydrogen) atoms. The van der Waals surface area contributed by atoms with Crippen molar-refractivity contribution in [1.82, 2.24) is 0 Å². The van der Waals surface area contributed by atoms with Crippen molar-refractivity contribution in [3.63, 3.8) is 0 Å². The largest absolute Gasteiger partial charge is 0.416 e. The van der Waals surface area contributed by atoms with Crippen LogP contribution in [0.25, 0.3) is 6.08 Å². The van der Waals surface area contributed by atoms with Gasteiger partial charge in [0.1, 0.15) is 5.82 Å². The Morgan fingerprint density at radius 3 is 1.88 bits per heavy atom. The van der Waals surface area contributed by atoms with Gasteiger partial charge in [0, 0.05) is 5.41 Å². The van der Waals surface area contributed by atoms with Crippen molar-refractivity contribution in [2.24, 2.45) is 0 Å². The molecule has 0 atom stereocenters. The molecule has 140 valence electrons. The number of alkyl halides is 6. The lowest BCUT2D eigenvalue weighted by Gasteiger charge is -2.10. The summed E-state index contributed by atoms with van der Waals surface area (Å²) in [5.74, 6) is -1.01. The molecule has 0 aromatic heterocycles. The second-order valence-electron chi connectivity index (χ2n) is 5.10. The number of sulfone groups is 1. The van der Waals surface area contributed by atoms with Gasteiger partial charge < -0.3 is 0 Å². The predicted molar refractivity (Wildman–Crippen MR) is 79.1 cm³/mol. The van der Waals surface area contributed by atoms with E-state index in [1.165, 1.54) is 0 Å². The molecule has 0 saturated heterocycles. The molecule has 0 heterocycles. The van der Waals surface area contributed by atoms with E-state index in [1.54, 1.807) is 0 Å². The smallest absolute Gasteiger partial charge is 0.219 e. The number of benzene rings is 2. The Balaban J connectivity index is 2.40. The van der Waals surface area contributed by atoms with Crippen LogP contribution < -0.4 is 0 Å². The van der Waals surface area contributed by atoms with E-state index in [1.807, 2.05) is 0 Å². The third kappa shape index (κ3) is 4.63. The fourth-order valence-corrected chi connectivity index (χ4v) is 3.00. The van der Waals surface area contributed by atoms with Gasteiger partial charge in [0.25, 0.3) is 0 Å². The zero-order chi connectivity index (χ0) is 19.8. The van der Waals surface area contributed by atoms with Gasteiger partial charge in [-0.2, -0.15) is 26.3 Å². The van der Waals surface area contributed by atoms with Crippen molar-refractivity contribution in [2.45, 2.75) is 17.2 Å². The predicted octanol–water partition coefficient (Wildman–Crippen LogP) is 5.31. The molecule has 0 spiro atoms. The molecule has 0 radical (unpaired) electrons. The van der Waals surface area contributed by atoms with E-state index in [2.05, 4.69) is 0 Å². The monoisotopic (exact) mass is 398 g/mol. The van der Waals surface area contributed by atoms with Crippen LogP contribution in [0.3, 0.4) is 0 Å². The maximum absolute atomic E-state index is 13.2. The summed E-state index contributed by atoms with van der Waals surface area (Å²) in [4.78, 5) is -0.549. The van der Waals surface area contributed by atoms with Gasteiger partial charge in [-0.1, -0.05) is 0 Å². The topological polar surface area (TPSA) is 34.1 Å². The normalized spacial score (nSPS) is 13.3. The van der Waals surface area contributed by atoms with Crippen molar-refractivity contribution >= 4 is 15.9 Å². The van der Waals surface area contributed by atoms with E-state index < -0.39 is 49.6 Å². The van der Waals surface area contributed by atoms with Crippen LogP contribution in [-0.4, -0.2) is 8.42 Å². The van der Waals surface area contributed by atoms with Crippen LogP contribution in [0, 0.1) is 5.82 Å². The minimum Gasteiger partial charge on any atom is -0.219 e. The molecule has 0 saturated carbocycles. The standard InChI is InChI=1S/C16H9F7O2S/c17-12-3-6-14(16(21,22)23)10(9-12)7-8-26(24,25)13-4-1-11(2-5-13)15(18,19)20/h1-9H. The summed E-state index contributed by atoms with van der Waals surface area (Å²) in [6.07, 6.45) is -8.97. The van der Waals surface area contributed by atoms with Gasteiger partial charge in [-0.25, -0.2) is 12.8 Å². The average Bonchev–Trinajstić information content (AvgIpc) is 2.51. The first-order chi connectivity index (χ1) is 11.8. The lowest BCUT2D eigenvalue weighted by Crippen LogP contribution is -2.08. The van der Waals surface area contributed by atoms with Gasteiger partial charge in [0.05, 0.1) is 16.0 Å². The van der Waals surface area contributed by atoms with Crippen molar-refractivity contribution < 1.29 is 39.2 Å². The fraction of sp³-hybridized carbons (Fsp3) is 0.125. The summed E-state index contributed by atoms with van der Waals surface area (Å²) in [5, 5.41) is 0.375. The summed E-state index contributed by atoms with van der Waals surface area (Å²) < 4.78 is 113. The summed E-state index contributed by atoms with van der Waals surface area (Å²) in [6.45, 7) is 0. The molecule has 2 aromatic rings. The Morgan fingerprint density at radius 1 is 0.808 bits per heavy atom. The maximum atomic E-state index is 13.2. The molecule has 0 amide bonds. The highest BCUT2D eigenvalue weighted by molar-refractivity contribution is 7.94. The van der Waals surface area contributed by atoms with Gasteiger partial charge in [-0.15, -0.1) is 0 Å². The number of halogens is 7. The van der Waals surface area contributed by atoms with Crippen molar-refractivity contribution in [2.75, 3.05) is 0 Å². The van der Waals surface area contributed by atoms with E-state index in [-0.39, 0.29) is 0 Å². The molecule has 0 aliphatic rings. The third-order valence-electron chi connectivity index (χ3n) is 3.26. The van der Waals surface area contributed by atoms with Gasteiger partial charge >= 0.3 is 12.4 Å². The van der Waals surface area contributed by atoms with E-state index in [0.717, 1.165) is 0 Å². The Kier molecular flexibility index (Phi) is 5.18. The Hall–Kier alpha value is -2.36. The van der Waals surface area contributed by atoms with Gasteiger partial charge in [0.2, 0.25) is 0 Å². The molecule has 0 aliphatic carbocycles. The molecular formula is C16H9F7O2S. The van der Waals surface area contributed by atoms with Gasteiger partial charge in [0.15, 0.2) is 9.84 Å². The van der Waals surface area contributed by atoms with Crippen LogP contribution in [0.15, 0.2) is 52.8 Å². The van der Waals surface area contributed by atoms with Crippen LogP contribution in [0.1, 0.15) is 16.7 Å². The van der Waals surface area contributed by atoms with Crippen LogP contribution in [0.4, 0.5) is 30.7 Å². The SMILES string of the molecule is O=S(=O)(C=Cc1cc(F)ccc1C(F)(F)F)c1ccc(C(F)(F)F)cc1. The molecule has 0 bridgehead atoms. The first-order valence-electron chi connectivity index (χ1n) is 6.78. The van der Waals surface area contributed by atoms with Crippen LogP contribution in [0.2, 0.25) is 0 Å². The third-order valence-corrected chi connectivity index (χ3v) is 4.68. The second-order valence-corrected chi connectivity index (χ2v) is 6.93. The highest BCUT2D eigenvalue weighted by atomic mass is 32.2. The molecule has 0 aliphatic heterocycles. The molecule has 2 nitrogen and oxygen atoms in total. The second kappa shape index (κ2) is 6.75. The zero-order valence-corrected chi connectivity index (χ0v) is 13.4.